The molecule has 0 aliphatic carbocycles. The number of carbonyl (C=O) groups excluding carboxylic acids is 5. The van der Waals surface area contributed by atoms with Gasteiger partial charge in [0.15, 0.2) is 11.8 Å². The first-order valence-electron chi connectivity index (χ1n) is 9.99. The standard InChI is InChI=1S/C19H31N3O8S/c1-4-9-30-19(29)16(13(23)5-2)22(15(25)6-3)17(26)12(10-31)21-14(24)8-7-11(20)18(27)28/h11-12,16,31H,4-10,20H2,1-3H3,(H,21,24)(H,27,28). The molecule has 0 aliphatic heterocycles. The number of esters is 1. The van der Waals surface area contributed by atoms with Gasteiger partial charge in [-0.15, -0.1) is 0 Å². The van der Waals surface area contributed by atoms with Crippen LogP contribution < -0.4 is 11.1 Å². The summed E-state index contributed by atoms with van der Waals surface area (Å²) in [6, 6.07) is -4.36. The predicted molar refractivity (Wildman–Crippen MR) is 113 cm³/mol. The van der Waals surface area contributed by atoms with Crippen LogP contribution in [0.4, 0.5) is 0 Å². The number of rotatable bonds is 14. The van der Waals surface area contributed by atoms with Gasteiger partial charge in [0.25, 0.3) is 5.91 Å². The van der Waals surface area contributed by atoms with Crippen LogP contribution in [0.25, 0.3) is 0 Å². The highest BCUT2D eigenvalue weighted by Gasteiger charge is 2.42. The van der Waals surface area contributed by atoms with Crippen molar-refractivity contribution in [3.05, 3.63) is 0 Å². The minimum absolute atomic E-state index is 0.00520. The molecular formula is C19H31N3O8S. The molecule has 0 aromatic carbocycles. The quantitative estimate of drug-likeness (QED) is 0.153. The van der Waals surface area contributed by atoms with Crippen molar-refractivity contribution in [2.75, 3.05) is 12.4 Å². The predicted octanol–water partition coefficient (Wildman–Crippen LogP) is -0.341. The lowest BCUT2D eigenvalue weighted by molar-refractivity contribution is -0.165. The van der Waals surface area contributed by atoms with Crippen molar-refractivity contribution >= 4 is 48.1 Å². The van der Waals surface area contributed by atoms with Crippen LogP contribution in [-0.4, -0.2) is 75.9 Å². The summed E-state index contributed by atoms with van der Waals surface area (Å²) in [5.41, 5.74) is 5.35. The van der Waals surface area contributed by atoms with Gasteiger partial charge in [0, 0.05) is 25.0 Å². The Kier molecular flexibility index (Phi) is 13.4. The highest BCUT2D eigenvalue weighted by molar-refractivity contribution is 7.80. The van der Waals surface area contributed by atoms with Crippen molar-refractivity contribution in [1.82, 2.24) is 10.2 Å². The molecule has 3 amide bonds. The summed E-state index contributed by atoms with van der Waals surface area (Å²) >= 11 is 4.02. The number of nitrogens with one attached hydrogen (secondary N) is 1. The number of Topliss-reactive ketones (excluding diaryl/α,β-unsaturated/α-hetero) is 1. The van der Waals surface area contributed by atoms with E-state index in [0.29, 0.717) is 11.3 Å². The molecule has 0 fully saturated rings. The minimum atomic E-state index is -1.77. The van der Waals surface area contributed by atoms with Crippen molar-refractivity contribution < 1.29 is 38.6 Å². The molecule has 0 spiro atoms. The van der Waals surface area contributed by atoms with E-state index in [0.717, 1.165) is 0 Å². The van der Waals surface area contributed by atoms with Crippen LogP contribution in [0.3, 0.4) is 0 Å². The molecule has 0 aliphatic rings. The Balaban J connectivity index is 5.69. The number of ketones is 1. The van der Waals surface area contributed by atoms with Gasteiger partial charge in [0.1, 0.15) is 12.1 Å². The van der Waals surface area contributed by atoms with Crippen LogP contribution in [0, 0.1) is 0 Å². The Morgan fingerprint density at radius 1 is 1.10 bits per heavy atom. The number of ether oxygens (including phenoxy) is 1. The molecule has 0 radical (unpaired) electrons. The van der Waals surface area contributed by atoms with Gasteiger partial charge in [0.05, 0.1) is 6.61 Å². The van der Waals surface area contributed by atoms with Crippen LogP contribution in [-0.2, 0) is 33.5 Å². The lowest BCUT2D eigenvalue weighted by atomic mass is 10.1. The number of carboxylic acids is 1. The topological polar surface area (TPSA) is 173 Å². The monoisotopic (exact) mass is 461 g/mol. The Hall–Kier alpha value is -2.47. The van der Waals surface area contributed by atoms with Gasteiger partial charge in [-0.3, -0.25) is 28.9 Å². The van der Waals surface area contributed by atoms with E-state index in [-0.39, 0.29) is 38.0 Å². The molecule has 0 aromatic heterocycles. The van der Waals surface area contributed by atoms with Gasteiger partial charge >= 0.3 is 11.9 Å². The zero-order chi connectivity index (χ0) is 24.1. The first kappa shape index (κ1) is 28.5. The number of nitrogens with two attached hydrogens (primary N) is 1. The molecule has 0 bridgehead atoms. The molecule has 4 N–H and O–H groups in total. The van der Waals surface area contributed by atoms with Crippen molar-refractivity contribution in [2.24, 2.45) is 5.73 Å². The number of hydrogen-bond donors (Lipinski definition) is 4. The van der Waals surface area contributed by atoms with Gasteiger partial charge in [-0.25, -0.2) is 4.79 Å². The van der Waals surface area contributed by atoms with Gasteiger partial charge in [0.2, 0.25) is 11.8 Å². The second-order valence-electron chi connectivity index (χ2n) is 6.63. The van der Waals surface area contributed by atoms with E-state index in [1.54, 1.807) is 6.92 Å². The average molecular weight is 462 g/mol. The second-order valence-corrected chi connectivity index (χ2v) is 7.00. The summed E-state index contributed by atoms with van der Waals surface area (Å²) in [4.78, 5) is 73.9. The molecular weight excluding hydrogens is 430 g/mol. The molecule has 0 saturated carbocycles. The fourth-order valence-corrected chi connectivity index (χ4v) is 2.70. The van der Waals surface area contributed by atoms with Gasteiger partial charge in [-0.2, -0.15) is 12.6 Å². The maximum atomic E-state index is 13.1. The molecule has 176 valence electrons. The number of thiol groups is 1. The second kappa shape index (κ2) is 14.5. The summed E-state index contributed by atoms with van der Waals surface area (Å²) in [7, 11) is 0. The maximum absolute atomic E-state index is 13.1. The Bertz CT molecular complexity index is 685. The molecule has 0 rings (SSSR count). The van der Waals surface area contributed by atoms with Crippen molar-refractivity contribution in [3.63, 3.8) is 0 Å². The lowest BCUT2D eigenvalue weighted by Gasteiger charge is -2.30. The number of hydrogen-bond acceptors (Lipinski definition) is 9. The number of carboxylic acid groups (broad SMARTS) is 1. The number of imide groups is 1. The Morgan fingerprint density at radius 2 is 1.71 bits per heavy atom. The van der Waals surface area contributed by atoms with E-state index in [1.807, 2.05) is 0 Å². The smallest absolute Gasteiger partial charge is 0.337 e. The fraction of sp³-hybridized carbons (Fsp3) is 0.684. The van der Waals surface area contributed by atoms with E-state index in [4.69, 9.17) is 15.6 Å². The normalized spacial score (nSPS) is 13.5. The van der Waals surface area contributed by atoms with E-state index in [9.17, 15) is 28.8 Å². The summed E-state index contributed by atoms with van der Waals surface area (Å²) in [5, 5.41) is 11.1. The van der Waals surface area contributed by atoms with E-state index in [1.165, 1.54) is 13.8 Å². The summed E-state index contributed by atoms with van der Waals surface area (Å²) in [6.07, 6.45) is -0.296. The van der Waals surface area contributed by atoms with Crippen LogP contribution in [0.2, 0.25) is 0 Å². The van der Waals surface area contributed by atoms with E-state index in [2.05, 4.69) is 17.9 Å². The number of aliphatic carboxylic acids is 1. The van der Waals surface area contributed by atoms with Crippen LogP contribution in [0.1, 0.15) is 52.9 Å². The van der Waals surface area contributed by atoms with E-state index >= 15 is 0 Å². The number of nitrogens with zero attached hydrogens (tertiary/aromatic N) is 1. The van der Waals surface area contributed by atoms with Crippen LogP contribution >= 0.6 is 12.6 Å². The van der Waals surface area contributed by atoms with Crippen LogP contribution in [0.15, 0.2) is 0 Å². The highest BCUT2D eigenvalue weighted by atomic mass is 32.1. The SMILES string of the molecule is CCCOC(=O)C(C(=O)CC)N(C(=O)CC)C(=O)C(CS)NC(=O)CCC(N)C(=O)O. The lowest BCUT2D eigenvalue weighted by Crippen LogP contribution is -2.59. The molecule has 12 heteroatoms. The third kappa shape index (κ3) is 9.05. The zero-order valence-electron chi connectivity index (χ0n) is 18.0. The Labute approximate surface area is 186 Å². The molecule has 31 heavy (non-hydrogen) atoms. The highest BCUT2D eigenvalue weighted by Crippen LogP contribution is 2.13. The third-order valence-corrected chi connectivity index (χ3v) is 4.57. The largest absolute Gasteiger partial charge is 0.480 e. The van der Waals surface area contributed by atoms with Gasteiger partial charge < -0.3 is 20.9 Å². The maximum Gasteiger partial charge on any atom is 0.337 e. The summed E-state index contributed by atoms with van der Waals surface area (Å²) < 4.78 is 5.00. The van der Waals surface area contributed by atoms with E-state index < -0.39 is 53.6 Å². The van der Waals surface area contributed by atoms with Crippen molar-refractivity contribution in [1.29, 1.82) is 0 Å². The first-order chi connectivity index (χ1) is 14.5. The zero-order valence-corrected chi connectivity index (χ0v) is 18.9. The molecule has 0 saturated heterocycles. The minimum Gasteiger partial charge on any atom is -0.480 e. The molecule has 11 nitrogen and oxygen atoms in total. The van der Waals surface area contributed by atoms with Crippen molar-refractivity contribution in [2.45, 2.75) is 71.0 Å². The average Bonchev–Trinajstić information content (AvgIpc) is 2.75. The molecule has 3 atom stereocenters. The Morgan fingerprint density at radius 3 is 2.16 bits per heavy atom. The number of amides is 3. The van der Waals surface area contributed by atoms with Gasteiger partial charge in [-0.05, 0) is 12.8 Å². The molecule has 0 heterocycles. The molecule has 0 aromatic rings. The first-order valence-corrected chi connectivity index (χ1v) is 10.6. The molecule has 3 unspecified atom stereocenters. The van der Waals surface area contributed by atoms with Crippen LogP contribution in [0.5, 0.6) is 0 Å². The van der Waals surface area contributed by atoms with Crippen molar-refractivity contribution in [3.8, 4) is 0 Å². The summed E-state index contributed by atoms with van der Waals surface area (Å²) in [5.74, 6) is -5.70. The van der Waals surface area contributed by atoms with Gasteiger partial charge in [-0.1, -0.05) is 20.8 Å². The fourth-order valence-electron chi connectivity index (χ4n) is 2.45. The third-order valence-electron chi connectivity index (χ3n) is 4.21. The summed E-state index contributed by atoms with van der Waals surface area (Å²) in [6.45, 7) is 4.68. The number of carbonyl (C=O) groups is 6.